The molecule has 4 atom stereocenters. The Morgan fingerprint density at radius 1 is 1.10 bits per heavy atom. The number of aliphatic hydroxyl groups is 2. The number of aliphatic hydroxyl groups excluding tert-OH is 2. The van der Waals surface area contributed by atoms with Gasteiger partial charge in [-0.25, -0.2) is 19.7 Å². The number of nitrogens with two attached hydrogens (primary N) is 1. The van der Waals surface area contributed by atoms with E-state index in [-0.39, 0.29) is 23.9 Å². The molecule has 1 saturated carbocycles. The molecule has 2 unspecified atom stereocenters. The topological polar surface area (TPSA) is 178 Å². The number of anilines is 1. The van der Waals surface area contributed by atoms with Gasteiger partial charge in [0.05, 0.1) is 6.33 Å². The number of hydrogen-bond donors (Lipinski definition) is 4. The average Bonchev–Trinajstić information content (AvgIpc) is 3.58. The summed E-state index contributed by atoms with van der Waals surface area (Å²) in [5.41, 5.74) is 9.11. The highest BCUT2D eigenvalue weighted by Crippen LogP contribution is 2.33. The van der Waals surface area contributed by atoms with Crippen LogP contribution in [0.2, 0.25) is 0 Å². The SMILES string of the molecule is Cc1ccc(OC(=O)N2CCC(Cc3nc(N)c4ncn([C@@H]5O[C@H](C(=O)NC6CC6)C(O)C5O)c4n3)CC2)cc1C. The van der Waals surface area contributed by atoms with Crippen LogP contribution in [0, 0.1) is 19.8 Å². The van der Waals surface area contributed by atoms with Crippen molar-refractivity contribution in [2.75, 3.05) is 18.8 Å². The molecule has 41 heavy (non-hydrogen) atoms. The Balaban J connectivity index is 1.11. The number of piperidine rings is 1. The molecule has 3 aromatic rings. The molecule has 2 saturated heterocycles. The fourth-order valence-electron chi connectivity index (χ4n) is 5.40. The Hall–Kier alpha value is -3.81. The normalized spacial score (nSPS) is 25.0. The molecule has 0 spiro atoms. The van der Waals surface area contributed by atoms with Crippen LogP contribution in [0.15, 0.2) is 24.5 Å². The van der Waals surface area contributed by atoms with E-state index < -0.39 is 30.4 Å². The van der Waals surface area contributed by atoms with Crippen LogP contribution in [-0.2, 0) is 16.0 Å². The van der Waals surface area contributed by atoms with E-state index in [1.165, 1.54) is 10.9 Å². The van der Waals surface area contributed by atoms with Gasteiger partial charge in [0.25, 0.3) is 5.91 Å². The minimum atomic E-state index is -1.40. The molecule has 2 aliphatic heterocycles. The van der Waals surface area contributed by atoms with Gasteiger partial charge < -0.3 is 35.6 Å². The number of carbonyl (C=O) groups is 2. The first-order valence-electron chi connectivity index (χ1n) is 14.0. The quantitative estimate of drug-likeness (QED) is 0.341. The van der Waals surface area contributed by atoms with Gasteiger partial charge in [0.15, 0.2) is 23.8 Å². The minimum Gasteiger partial charge on any atom is -0.410 e. The Bertz CT molecular complexity index is 1470. The number of nitrogens with one attached hydrogen (secondary N) is 1. The monoisotopic (exact) mass is 565 g/mol. The van der Waals surface area contributed by atoms with Gasteiger partial charge in [-0.2, -0.15) is 0 Å². The van der Waals surface area contributed by atoms with Gasteiger partial charge in [-0.05, 0) is 68.7 Å². The van der Waals surface area contributed by atoms with E-state index in [0.29, 0.717) is 42.2 Å². The van der Waals surface area contributed by atoms with Crippen molar-refractivity contribution >= 4 is 29.0 Å². The fourth-order valence-corrected chi connectivity index (χ4v) is 5.40. The lowest BCUT2D eigenvalue weighted by Gasteiger charge is -2.31. The maximum Gasteiger partial charge on any atom is 0.415 e. The number of aromatic nitrogens is 4. The third kappa shape index (κ3) is 5.56. The van der Waals surface area contributed by atoms with Gasteiger partial charge in [-0.15, -0.1) is 0 Å². The van der Waals surface area contributed by atoms with Crippen LogP contribution in [0.5, 0.6) is 5.75 Å². The number of likely N-dealkylation sites (tertiary alicyclic amines) is 1. The lowest BCUT2D eigenvalue weighted by Crippen LogP contribution is -2.43. The van der Waals surface area contributed by atoms with Crippen molar-refractivity contribution < 1.29 is 29.3 Å². The number of nitrogens with zero attached hydrogens (tertiary/aromatic N) is 5. The zero-order valence-electron chi connectivity index (χ0n) is 23.1. The summed E-state index contributed by atoms with van der Waals surface area (Å²) in [5, 5.41) is 24.1. The van der Waals surface area contributed by atoms with Crippen LogP contribution >= 0.6 is 0 Å². The second-order valence-electron chi connectivity index (χ2n) is 11.3. The lowest BCUT2D eigenvalue weighted by atomic mass is 9.93. The van der Waals surface area contributed by atoms with Gasteiger partial charge in [-0.1, -0.05) is 6.07 Å². The van der Waals surface area contributed by atoms with Crippen LogP contribution < -0.4 is 15.8 Å². The van der Waals surface area contributed by atoms with Crippen LogP contribution in [0.1, 0.15) is 48.9 Å². The molecule has 5 N–H and O–H groups in total. The second kappa shape index (κ2) is 10.9. The van der Waals surface area contributed by atoms with E-state index in [1.54, 1.807) is 11.0 Å². The van der Waals surface area contributed by atoms with Gasteiger partial charge in [0, 0.05) is 25.6 Å². The Morgan fingerprint density at radius 2 is 1.85 bits per heavy atom. The molecule has 13 heteroatoms. The number of carbonyl (C=O) groups excluding carboxylic acids is 2. The number of hydrogen-bond acceptors (Lipinski definition) is 10. The summed E-state index contributed by atoms with van der Waals surface area (Å²) in [6, 6.07) is 5.69. The fraction of sp³-hybridized carbons (Fsp3) is 0.536. The minimum absolute atomic E-state index is 0.0913. The highest BCUT2D eigenvalue weighted by Gasteiger charge is 2.48. The molecule has 1 aliphatic carbocycles. The number of fused-ring (bicyclic) bond motifs is 1. The zero-order valence-corrected chi connectivity index (χ0v) is 23.1. The van der Waals surface area contributed by atoms with Gasteiger partial charge in [-0.3, -0.25) is 9.36 Å². The predicted octanol–water partition coefficient (Wildman–Crippen LogP) is 1.38. The molecular formula is C28H35N7O6. The molecule has 218 valence electrons. The molecule has 3 aliphatic rings. The molecule has 3 fully saturated rings. The van der Waals surface area contributed by atoms with Crippen molar-refractivity contribution in [2.24, 2.45) is 5.92 Å². The molecule has 2 amide bonds. The Kier molecular flexibility index (Phi) is 7.26. The van der Waals surface area contributed by atoms with Crippen molar-refractivity contribution in [3.8, 4) is 5.75 Å². The number of nitrogen functional groups attached to an aromatic ring is 1. The Morgan fingerprint density at radius 3 is 2.56 bits per heavy atom. The maximum atomic E-state index is 12.7. The molecule has 2 aromatic heterocycles. The summed E-state index contributed by atoms with van der Waals surface area (Å²) in [7, 11) is 0. The summed E-state index contributed by atoms with van der Waals surface area (Å²) in [6.45, 7) is 5.09. The van der Waals surface area contributed by atoms with Gasteiger partial charge in [0.2, 0.25) is 0 Å². The van der Waals surface area contributed by atoms with Crippen LogP contribution in [0.3, 0.4) is 0 Å². The van der Waals surface area contributed by atoms with E-state index in [2.05, 4.69) is 20.3 Å². The van der Waals surface area contributed by atoms with E-state index in [0.717, 1.165) is 36.8 Å². The number of benzene rings is 1. The molecule has 0 bridgehead atoms. The molecule has 13 nitrogen and oxygen atoms in total. The first-order chi connectivity index (χ1) is 19.7. The van der Waals surface area contributed by atoms with Crippen LogP contribution in [0.4, 0.5) is 10.6 Å². The first kappa shape index (κ1) is 27.4. The summed E-state index contributed by atoms with van der Waals surface area (Å²) in [6.07, 6.45) is -0.180. The van der Waals surface area contributed by atoms with E-state index in [9.17, 15) is 19.8 Å². The highest BCUT2D eigenvalue weighted by atomic mass is 16.6. The number of amides is 2. The van der Waals surface area contributed by atoms with Crippen molar-refractivity contribution in [3.05, 3.63) is 41.5 Å². The third-order valence-electron chi connectivity index (χ3n) is 8.22. The highest BCUT2D eigenvalue weighted by molar-refractivity contribution is 5.83. The van der Waals surface area contributed by atoms with Crippen molar-refractivity contribution in [1.29, 1.82) is 0 Å². The number of ether oxygens (including phenoxy) is 2. The summed E-state index contributed by atoms with van der Waals surface area (Å²) in [4.78, 5) is 40.4. The van der Waals surface area contributed by atoms with Gasteiger partial charge in [0.1, 0.15) is 29.3 Å². The summed E-state index contributed by atoms with van der Waals surface area (Å²) < 4.78 is 12.9. The molecule has 6 rings (SSSR count). The van der Waals surface area contributed by atoms with Crippen LogP contribution in [-0.4, -0.2) is 84.1 Å². The first-order valence-corrected chi connectivity index (χ1v) is 14.0. The van der Waals surface area contributed by atoms with E-state index in [1.807, 2.05) is 26.0 Å². The van der Waals surface area contributed by atoms with Crippen molar-refractivity contribution in [3.63, 3.8) is 0 Å². The van der Waals surface area contributed by atoms with E-state index in [4.69, 9.17) is 15.2 Å². The Labute approximate surface area is 236 Å². The van der Waals surface area contributed by atoms with Crippen molar-refractivity contribution in [2.45, 2.75) is 76.5 Å². The van der Waals surface area contributed by atoms with Gasteiger partial charge >= 0.3 is 6.09 Å². The van der Waals surface area contributed by atoms with Crippen LogP contribution in [0.25, 0.3) is 11.2 Å². The zero-order chi connectivity index (χ0) is 28.8. The number of aryl methyl sites for hydroxylation is 2. The standard InChI is InChI=1S/C28H35N7O6/c1-14-3-6-18(11-15(14)2)40-28(39)34-9-7-16(8-10-34)12-19-32-24(29)20-25(33-19)35(13-30-20)27-22(37)21(36)23(41-27)26(38)31-17-4-5-17/h3,6,11,13,16-17,21-23,27,36-37H,4-5,7-10,12H2,1-2H3,(H,31,38)(H2,29,32,33)/t21?,22?,23-,27+/m0/s1. The second-order valence-corrected chi connectivity index (χ2v) is 11.3. The summed E-state index contributed by atoms with van der Waals surface area (Å²) in [5.74, 6) is 0.996. The molecule has 4 heterocycles. The van der Waals surface area contributed by atoms with E-state index >= 15 is 0 Å². The smallest absolute Gasteiger partial charge is 0.410 e. The lowest BCUT2D eigenvalue weighted by molar-refractivity contribution is -0.137. The third-order valence-corrected chi connectivity index (χ3v) is 8.22. The largest absolute Gasteiger partial charge is 0.415 e. The van der Waals surface area contributed by atoms with Crippen molar-refractivity contribution in [1.82, 2.24) is 29.7 Å². The number of rotatable bonds is 6. The predicted molar refractivity (Wildman–Crippen MR) is 147 cm³/mol. The summed E-state index contributed by atoms with van der Waals surface area (Å²) >= 11 is 0. The molecule has 1 aromatic carbocycles. The maximum absolute atomic E-state index is 12.7. The molecule has 0 radical (unpaired) electrons. The molecular weight excluding hydrogens is 530 g/mol. The average molecular weight is 566 g/mol. The number of imidazole rings is 1.